The van der Waals surface area contributed by atoms with E-state index in [-0.39, 0.29) is 16.7 Å². The molecule has 0 aromatic heterocycles. The lowest BCUT2D eigenvalue weighted by atomic mass is 10.1. The van der Waals surface area contributed by atoms with Crippen LogP contribution < -0.4 is 10.1 Å². The number of benzene rings is 2. The summed E-state index contributed by atoms with van der Waals surface area (Å²) < 4.78 is 18.7. The monoisotopic (exact) mass is 358 g/mol. The highest BCUT2D eigenvalue weighted by Crippen LogP contribution is 2.20. The molecule has 2 rings (SSSR count). The van der Waals surface area contributed by atoms with Crippen LogP contribution in [0.3, 0.4) is 0 Å². The van der Waals surface area contributed by atoms with E-state index in [1.165, 1.54) is 18.2 Å². The summed E-state index contributed by atoms with van der Waals surface area (Å²) in [5.41, 5.74) is 0.899. The molecule has 2 aromatic carbocycles. The number of anilines is 1. The van der Waals surface area contributed by atoms with Crippen molar-refractivity contribution in [2.75, 3.05) is 5.32 Å². The van der Waals surface area contributed by atoms with Gasteiger partial charge in [-0.05, 0) is 55.8 Å². The standard InChI is InChI=1S/C19H16ClFN2O2/c1-12(2)25-16-6-3-13(4-7-16)9-14(11-22)19(24)23-15-5-8-18(21)17(20)10-15/h3-10,12H,1-2H3,(H,23,24)/b14-9+. The molecule has 6 heteroatoms. The molecular weight excluding hydrogens is 343 g/mol. The van der Waals surface area contributed by atoms with Gasteiger partial charge in [-0.15, -0.1) is 0 Å². The highest BCUT2D eigenvalue weighted by atomic mass is 35.5. The van der Waals surface area contributed by atoms with Gasteiger partial charge in [0.1, 0.15) is 23.2 Å². The predicted molar refractivity (Wildman–Crippen MR) is 95.8 cm³/mol. The maximum Gasteiger partial charge on any atom is 0.266 e. The SMILES string of the molecule is CC(C)Oc1ccc(/C=C(\C#N)C(=O)Nc2ccc(F)c(Cl)c2)cc1. The van der Waals surface area contributed by atoms with Gasteiger partial charge in [-0.1, -0.05) is 23.7 Å². The number of ether oxygens (including phenoxy) is 1. The fourth-order valence-electron chi connectivity index (χ4n) is 2.00. The molecule has 2 aromatic rings. The van der Waals surface area contributed by atoms with Gasteiger partial charge in [0, 0.05) is 5.69 Å². The Bertz CT molecular complexity index is 839. The number of halogens is 2. The van der Waals surface area contributed by atoms with Crippen molar-refractivity contribution < 1.29 is 13.9 Å². The van der Waals surface area contributed by atoms with Crippen LogP contribution in [0, 0.1) is 17.1 Å². The number of carbonyl (C=O) groups excluding carboxylic acids is 1. The highest BCUT2D eigenvalue weighted by Gasteiger charge is 2.11. The number of hydrogen-bond acceptors (Lipinski definition) is 3. The summed E-state index contributed by atoms with van der Waals surface area (Å²) in [6.07, 6.45) is 1.52. The first kappa shape index (κ1) is 18.5. The second-order valence-electron chi connectivity index (χ2n) is 5.49. The predicted octanol–water partition coefficient (Wildman–Crippen LogP) is 4.81. The molecular formula is C19H16ClFN2O2. The Kier molecular flexibility index (Phi) is 6.15. The van der Waals surface area contributed by atoms with Crippen LogP contribution >= 0.6 is 11.6 Å². The number of hydrogen-bond donors (Lipinski definition) is 1. The van der Waals surface area contributed by atoms with Crippen molar-refractivity contribution in [3.05, 3.63) is 64.4 Å². The number of nitriles is 1. The Morgan fingerprint density at radius 3 is 2.52 bits per heavy atom. The molecule has 0 aliphatic carbocycles. The van der Waals surface area contributed by atoms with Crippen molar-refractivity contribution in [3.8, 4) is 11.8 Å². The summed E-state index contributed by atoms with van der Waals surface area (Å²) >= 11 is 5.67. The second kappa shape index (κ2) is 8.32. The first-order valence-corrected chi connectivity index (χ1v) is 7.91. The molecule has 0 spiro atoms. The third kappa shape index (κ3) is 5.33. The Hall–Kier alpha value is -2.84. The van der Waals surface area contributed by atoms with E-state index in [0.717, 1.165) is 6.07 Å². The van der Waals surface area contributed by atoms with E-state index in [4.69, 9.17) is 16.3 Å². The zero-order valence-electron chi connectivity index (χ0n) is 13.7. The lowest BCUT2D eigenvalue weighted by Gasteiger charge is -2.09. The van der Waals surface area contributed by atoms with Crippen molar-refractivity contribution in [2.24, 2.45) is 0 Å². The quantitative estimate of drug-likeness (QED) is 0.616. The molecule has 0 fully saturated rings. The molecule has 4 nitrogen and oxygen atoms in total. The van der Waals surface area contributed by atoms with Crippen molar-refractivity contribution in [2.45, 2.75) is 20.0 Å². The molecule has 0 saturated heterocycles. The minimum Gasteiger partial charge on any atom is -0.491 e. The summed E-state index contributed by atoms with van der Waals surface area (Å²) in [5, 5.41) is 11.6. The molecule has 0 radical (unpaired) electrons. The van der Waals surface area contributed by atoms with Crippen molar-refractivity contribution >= 4 is 29.3 Å². The molecule has 0 unspecified atom stereocenters. The van der Waals surface area contributed by atoms with Crippen molar-refractivity contribution in [3.63, 3.8) is 0 Å². The van der Waals surface area contributed by atoms with Gasteiger partial charge in [0.2, 0.25) is 0 Å². The van der Waals surface area contributed by atoms with E-state index in [1.54, 1.807) is 24.3 Å². The smallest absolute Gasteiger partial charge is 0.266 e. The summed E-state index contributed by atoms with van der Waals surface area (Å²) in [6.45, 7) is 3.85. The van der Waals surface area contributed by atoms with Gasteiger partial charge in [-0.3, -0.25) is 4.79 Å². The van der Waals surface area contributed by atoms with Crippen LogP contribution in [-0.2, 0) is 4.79 Å². The third-order valence-corrected chi connectivity index (χ3v) is 3.40. The van der Waals surface area contributed by atoms with Gasteiger partial charge in [-0.25, -0.2) is 4.39 Å². The van der Waals surface area contributed by atoms with E-state index in [0.29, 0.717) is 17.0 Å². The lowest BCUT2D eigenvalue weighted by molar-refractivity contribution is -0.112. The second-order valence-corrected chi connectivity index (χ2v) is 5.90. The molecule has 0 aliphatic rings. The maximum atomic E-state index is 13.1. The van der Waals surface area contributed by atoms with Gasteiger partial charge < -0.3 is 10.1 Å². The van der Waals surface area contributed by atoms with Crippen LogP contribution in [-0.4, -0.2) is 12.0 Å². The minimum atomic E-state index is -0.604. The lowest BCUT2D eigenvalue weighted by Crippen LogP contribution is -2.13. The fraction of sp³-hybridized carbons (Fsp3) is 0.158. The van der Waals surface area contributed by atoms with E-state index < -0.39 is 11.7 Å². The van der Waals surface area contributed by atoms with E-state index in [9.17, 15) is 14.4 Å². The van der Waals surface area contributed by atoms with Crippen molar-refractivity contribution in [1.82, 2.24) is 0 Å². The Morgan fingerprint density at radius 1 is 1.28 bits per heavy atom. The first-order chi connectivity index (χ1) is 11.9. The molecule has 1 N–H and O–H groups in total. The van der Waals surface area contributed by atoms with Gasteiger partial charge in [0.05, 0.1) is 11.1 Å². The van der Waals surface area contributed by atoms with Crippen LogP contribution in [0.25, 0.3) is 6.08 Å². The number of nitrogens with zero attached hydrogens (tertiary/aromatic N) is 1. The van der Waals surface area contributed by atoms with E-state index in [2.05, 4.69) is 5.32 Å². The Labute approximate surface area is 150 Å². The number of rotatable bonds is 5. The maximum absolute atomic E-state index is 13.1. The highest BCUT2D eigenvalue weighted by molar-refractivity contribution is 6.31. The zero-order chi connectivity index (χ0) is 18.4. The molecule has 0 saturated carbocycles. The van der Waals surface area contributed by atoms with Crippen LogP contribution in [0.2, 0.25) is 5.02 Å². The van der Waals surface area contributed by atoms with Crippen LogP contribution in [0.1, 0.15) is 19.4 Å². The molecule has 25 heavy (non-hydrogen) atoms. The number of nitrogens with one attached hydrogen (secondary N) is 1. The summed E-state index contributed by atoms with van der Waals surface area (Å²) in [6, 6.07) is 12.7. The Morgan fingerprint density at radius 2 is 1.96 bits per heavy atom. The van der Waals surface area contributed by atoms with E-state index in [1.807, 2.05) is 19.9 Å². The summed E-state index contributed by atoms with van der Waals surface area (Å²) in [4.78, 5) is 12.2. The third-order valence-electron chi connectivity index (χ3n) is 3.11. The van der Waals surface area contributed by atoms with Crippen LogP contribution in [0.5, 0.6) is 5.75 Å². The molecule has 0 bridgehead atoms. The zero-order valence-corrected chi connectivity index (χ0v) is 14.5. The average Bonchev–Trinajstić information content (AvgIpc) is 2.57. The van der Waals surface area contributed by atoms with Gasteiger partial charge in [-0.2, -0.15) is 5.26 Å². The number of amides is 1. The molecule has 1 amide bonds. The largest absolute Gasteiger partial charge is 0.491 e. The molecule has 0 atom stereocenters. The Balaban J connectivity index is 2.14. The number of carbonyl (C=O) groups is 1. The van der Waals surface area contributed by atoms with Crippen LogP contribution in [0.15, 0.2) is 48.0 Å². The first-order valence-electron chi connectivity index (χ1n) is 7.54. The van der Waals surface area contributed by atoms with Gasteiger partial charge >= 0.3 is 0 Å². The normalized spacial score (nSPS) is 11.1. The minimum absolute atomic E-state index is 0.0596. The van der Waals surface area contributed by atoms with Crippen LogP contribution in [0.4, 0.5) is 10.1 Å². The average molecular weight is 359 g/mol. The molecule has 0 aliphatic heterocycles. The topological polar surface area (TPSA) is 62.1 Å². The van der Waals surface area contributed by atoms with E-state index >= 15 is 0 Å². The van der Waals surface area contributed by atoms with Gasteiger partial charge in [0.25, 0.3) is 5.91 Å². The van der Waals surface area contributed by atoms with Crippen molar-refractivity contribution in [1.29, 1.82) is 5.26 Å². The molecule has 128 valence electrons. The summed E-state index contributed by atoms with van der Waals surface area (Å²) in [7, 11) is 0. The molecule has 0 heterocycles. The fourth-order valence-corrected chi connectivity index (χ4v) is 2.18. The van der Waals surface area contributed by atoms with Gasteiger partial charge in [0.15, 0.2) is 0 Å². The summed E-state index contributed by atoms with van der Waals surface area (Å²) in [5.74, 6) is -0.483.